The summed E-state index contributed by atoms with van der Waals surface area (Å²) in [6.45, 7) is 1.48. The van der Waals surface area contributed by atoms with E-state index < -0.39 is 5.97 Å². The van der Waals surface area contributed by atoms with E-state index in [1.165, 1.54) is 32.8 Å². The molecule has 1 heterocycles. The molecule has 0 saturated carbocycles. The van der Waals surface area contributed by atoms with E-state index in [0.29, 0.717) is 23.1 Å². The van der Waals surface area contributed by atoms with Crippen molar-refractivity contribution in [1.29, 1.82) is 0 Å². The van der Waals surface area contributed by atoms with E-state index in [9.17, 15) is 4.79 Å². The van der Waals surface area contributed by atoms with E-state index >= 15 is 0 Å². The second-order valence-electron chi connectivity index (χ2n) is 5.47. The highest BCUT2D eigenvalue weighted by molar-refractivity contribution is 14.0. The van der Waals surface area contributed by atoms with Crippen molar-refractivity contribution in [2.24, 2.45) is 4.99 Å². The number of methoxy groups -OCH3 is 2. The molecule has 1 fully saturated rings. The summed E-state index contributed by atoms with van der Waals surface area (Å²) in [5.74, 6) is 2.11. The van der Waals surface area contributed by atoms with Gasteiger partial charge in [-0.3, -0.25) is 4.99 Å². The summed E-state index contributed by atoms with van der Waals surface area (Å²) < 4.78 is 10.0. The third kappa shape index (κ3) is 6.58. The summed E-state index contributed by atoms with van der Waals surface area (Å²) in [5, 5.41) is 7.28. The smallest absolute Gasteiger partial charge is 0.341 e. The molecule has 2 N–H and O–H groups in total. The van der Waals surface area contributed by atoms with Gasteiger partial charge in [0, 0.05) is 25.4 Å². The lowest BCUT2D eigenvalue weighted by molar-refractivity contribution is 0.0597. The van der Waals surface area contributed by atoms with Gasteiger partial charge in [-0.25, -0.2) is 4.79 Å². The van der Waals surface area contributed by atoms with Crippen LogP contribution in [0.3, 0.4) is 0 Å². The number of benzene rings is 1. The molecule has 1 aliphatic heterocycles. The largest absolute Gasteiger partial charge is 0.496 e. The maximum Gasteiger partial charge on any atom is 0.341 e. The summed E-state index contributed by atoms with van der Waals surface area (Å²) in [5.41, 5.74) is 1.37. The molecular formula is C17H26IN3O3S. The van der Waals surface area contributed by atoms with E-state index in [-0.39, 0.29) is 24.0 Å². The number of nitrogens with zero attached hydrogens (tertiary/aromatic N) is 1. The van der Waals surface area contributed by atoms with Gasteiger partial charge in [0.05, 0.1) is 14.2 Å². The highest BCUT2D eigenvalue weighted by atomic mass is 127. The number of esters is 1. The second-order valence-corrected chi connectivity index (χ2v) is 6.88. The maximum atomic E-state index is 11.8. The monoisotopic (exact) mass is 479 g/mol. The Labute approximate surface area is 170 Å². The van der Waals surface area contributed by atoms with Gasteiger partial charge in [0.25, 0.3) is 0 Å². The Morgan fingerprint density at radius 1 is 1.36 bits per heavy atom. The van der Waals surface area contributed by atoms with Crippen LogP contribution in [0.15, 0.2) is 23.2 Å². The van der Waals surface area contributed by atoms with Gasteiger partial charge in [-0.15, -0.1) is 24.0 Å². The Morgan fingerprint density at radius 3 is 2.76 bits per heavy atom. The molecule has 1 aliphatic rings. The first-order valence-electron chi connectivity index (χ1n) is 7.99. The zero-order valence-corrected chi connectivity index (χ0v) is 18.0. The number of guanidine groups is 1. The van der Waals surface area contributed by atoms with Gasteiger partial charge >= 0.3 is 5.97 Å². The molecule has 0 aromatic heterocycles. The first-order valence-corrected chi connectivity index (χ1v) is 9.04. The number of carbonyl (C=O) groups is 1. The van der Waals surface area contributed by atoms with Crippen LogP contribution in [0.1, 0.15) is 28.8 Å². The number of halogens is 1. The lowest BCUT2D eigenvalue weighted by Crippen LogP contribution is -2.39. The zero-order chi connectivity index (χ0) is 17.4. The van der Waals surface area contributed by atoms with Crippen LogP contribution in [-0.4, -0.2) is 50.7 Å². The number of nitrogens with one attached hydrogen (secondary N) is 2. The number of hydrogen-bond acceptors (Lipinski definition) is 5. The molecular weight excluding hydrogens is 453 g/mol. The molecule has 140 valence electrons. The molecule has 1 saturated heterocycles. The van der Waals surface area contributed by atoms with Crippen molar-refractivity contribution in [3.05, 3.63) is 29.3 Å². The van der Waals surface area contributed by atoms with Crippen molar-refractivity contribution in [3.8, 4) is 5.75 Å². The predicted molar refractivity (Wildman–Crippen MR) is 113 cm³/mol. The lowest BCUT2D eigenvalue weighted by atomic mass is 10.1. The zero-order valence-electron chi connectivity index (χ0n) is 14.8. The fourth-order valence-corrected chi connectivity index (χ4v) is 3.76. The first-order chi connectivity index (χ1) is 11.7. The average molecular weight is 479 g/mol. The molecule has 6 nitrogen and oxygen atoms in total. The van der Waals surface area contributed by atoms with E-state index in [1.54, 1.807) is 19.2 Å². The molecule has 2 rings (SSSR count). The number of rotatable bonds is 6. The Bertz CT molecular complexity index is 593. The Kier molecular flexibility index (Phi) is 10.0. The standard InChI is InChI=1S/C17H25N3O3S.HI/c1-18-17(20-11-13-5-4-8-24-13)19-10-12-6-7-15(22-2)14(9-12)16(21)23-3;/h6-7,9,13H,4-5,8,10-11H2,1-3H3,(H2,18,19,20);1H. The van der Waals surface area contributed by atoms with Gasteiger partial charge < -0.3 is 20.1 Å². The number of hydrogen-bond donors (Lipinski definition) is 2. The lowest BCUT2D eigenvalue weighted by Gasteiger charge is -2.15. The van der Waals surface area contributed by atoms with Gasteiger partial charge in [-0.2, -0.15) is 11.8 Å². The molecule has 1 unspecified atom stereocenters. The molecule has 0 bridgehead atoms. The minimum absolute atomic E-state index is 0. The Hall–Kier alpha value is -1.16. The SMILES string of the molecule is CN=C(NCc1ccc(OC)c(C(=O)OC)c1)NCC1CCCS1.I. The van der Waals surface area contributed by atoms with Gasteiger partial charge in [0.2, 0.25) is 0 Å². The highest BCUT2D eigenvalue weighted by Crippen LogP contribution is 2.25. The van der Waals surface area contributed by atoms with Gasteiger partial charge in [0.1, 0.15) is 11.3 Å². The van der Waals surface area contributed by atoms with Crippen molar-refractivity contribution in [2.45, 2.75) is 24.6 Å². The average Bonchev–Trinajstić information content (AvgIpc) is 3.14. The molecule has 1 aromatic carbocycles. The fourth-order valence-electron chi connectivity index (χ4n) is 2.56. The minimum Gasteiger partial charge on any atom is -0.496 e. The third-order valence-electron chi connectivity index (χ3n) is 3.87. The summed E-state index contributed by atoms with van der Waals surface area (Å²) in [6.07, 6.45) is 2.56. The van der Waals surface area contributed by atoms with Crippen LogP contribution in [-0.2, 0) is 11.3 Å². The molecule has 0 aliphatic carbocycles. The van der Waals surface area contributed by atoms with Crippen LogP contribution in [0.25, 0.3) is 0 Å². The van der Waals surface area contributed by atoms with Crippen molar-refractivity contribution < 1.29 is 14.3 Å². The molecule has 0 spiro atoms. The highest BCUT2D eigenvalue weighted by Gasteiger charge is 2.16. The fraction of sp³-hybridized carbons (Fsp3) is 0.529. The third-order valence-corrected chi connectivity index (χ3v) is 5.27. The van der Waals surface area contributed by atoms with Gasteiger partial charge in [0.15, 0.2) is 5.96 Å². The number of carbonyl (C=O) groups excluding carboxylic acids is 1. The van der Waals surface area contributed by atoms with Gasteiger partial charge in [-0.1, -0.05) is 6.07 Å². The molecule has 0 radical (unpaired) electrons. The van der Waals surface area contributed by atoms with Crippen molar-refractivity contribution in [1.82, 2.24) is 10.6 Å². The van der Waals surface area contributed by atoms with E-state index in [4.69, 9.17) is 9.47 Å². The van der Waals surface area contributed by atoms with E-state index in [1.807, 2.05) is 17.8 Å². The van der Waals surface area contributed by atoms with Crippen molar-refractivity contribution in [2.75, 3.05) is 33.6 Å². The maximum absolute atomic E-state index is 11.8. The molecule has 1 atom stereocenters. The second kappa shape index (κ2) is 11.5. The molecule has 25 heavy (non-hydrogen) atoms. The molecule has 0 amide bonds. The Morgan fingerprint density at radius 2 is 2.16 bits per heavy atom. The van der Waals surface area contributed by atoms with Crippen molar-refractivity contribution in [3.63, 3.8) is 0 Å². The predicted octanol–water partition coefficient (Wildman–Crippen LogP) is 2.66. The minimum atomic E-state index is -0.408. The quantitative estimate of drug-likeness (QED) is 0.283. The summed E-state index contributed by atoms with van der Waals surface area (Å²) in [6, 6.07) is 5.46. The van der Waals surface area contributed by atoms with Crippen LogP contribution in [0.2, 0.25) is 0 Å². The summed E-state index contributed by atoms with van der Waals surface area (Å²) >= 11 is 2.01. The van der Waals surface area contributed by atoms with Crippen LogP contribution in [0, 0.1) is 0 Å². The molecule has 1 aromatic rings. The molecule has 8 heteroatoms. The number of aliphatic imine (C=N–C) groups is 1. The Balaban J connectivity index is 0.00000312. The van der Waals surface area contributed by atoms with E-state index in [2.05, 4.69) is 15.6 Å². The number of thioether (sulfide) groups is 1. The van der Waals surface area contributed by atoms with Crippen molar-refractivity contribution >= 4 is 47.7 Å². The first kappa shape index (κ1) is 21.9. The summed E-state index contributed by atoms with van der Waals surface area (Å²) in [7, 11) is 4.65. The summed E-state index contributed by atoms with van der Waals surface area (Å²) in [4.78, 5) is 16.1. The van der Waals surface area contributed by atoms with Crippen LogP contribution in [0.4, 0.5) is 0 Å². The van der Waals surface area contributed by atoms with Gasteiger partial charge in [-0.05, 0) is 36.3 Å². The number of ether oxygens (including phenoxy) is 2. The normalized spacial score (nSPS) is 16.8. The topological polar surface area (TPSA) is 72.0 Å². The van der Waals surface area contributed by atoms with Crippen LogP contribution in [0.5, 0.6) is 5.75 Å². The van der Waals surface area contributed by atoms with Crippen LogP contribution >= 0.6 is 35.7 Å². The van der Waals surface area contributed by atoms with Crippen LogP contribution < -0.4 is 15.4 Å². The van der Waals surface area contributed by atoms with E-state index in [0.717, 1.165) is 18.1 Å².